The van der Waals surface area contributed by atoms with Crippen LogP contribution in [-0.2, 0) is 5.60 Å². The highest BCUT2D eigenvalue weighted by molar-refractivity contribution is 5.44. The van der Waals surface area contributed by atoms with Gasteiger partial charge < -0.3 is 9.84 Å². The Balaban J connectivity index is 2.57. The molecule has 1 aromatic carbocycles. The minimum absolute atomic E-state index is 0.166. The van der Waals surface area contributed by atoms with Crippen LogP contribution in [0.2, 0.25) is 0 Å². The van der Waals surface area contributed by atoms with Gasteiger partial charge in [-0.25, -0.2) is 0 Å². The molecule has 1 aromatic rings. The molecule has 1 N–H and O–H groups in total. The molecule has 1 aliphatic heterocycles. The number of rotatable bonds is 2. The summed E-state index contributed by atoms with van der Waals surface area (Å²) in [5, 5.41) is 11.1. The third-order valence-corrected chi connectivity index (χ3v) is 4.18. The summed E-state index contributed by atoms with van der Waals surface area (Å²) in [7, 11) is 0. The van der Waals surface area contributed by atoms with Crippen molar-refractivity contribution in [3.8, 4) is 5.75 Å². The van der Waals surface area contributed by atoms with Crippen LogP contribution >= 0.6 is 0 Å². The van der Waals surface area contributed by atoms with Crippen molar-refractivity contribution in [3.05, 3.63) is 29.3 Å². The highest BCUT2D eigenvalue weighted by atomic mass is 16.5. The van der Waals surface area contributed by atoms with E-state index < -0.39 is 5.60 Å². The second-order valence-corrected chi connectivity index (χ2v) is 7.03. The molecule has 2 rings (SSSR count). The number of hydrogen-bond acceptors (Lipinski definition) is 2. The van der Waals surface area contributed by atoms with E-state index in [9.17, 15) is 5.11 Å². The second kappa shape index (κ2) is 4.52. The van der Waals surface area contributed by atoms with Gasteiger partial charge in [0.25, 0.3) is 0 Å². The SMILES string of the molecule is CC(C)c1ccc2c(c1)OC(C)(C)C[C@@]2(O)C(C)C. The molecule has 106 valence electrons. The van der Waals surface area contributed by atoms with Crippen LogP contribution in [-0.4, -0.2) is 10.7 Å². The van der Waals surface area contributed by atoms with Crippen molar-refractivity contribution in [2.24, 2.45) is 5.92 Å². The Bertz CT molecular complexity index is 474. The number of benzene rings is 1. The molecule has 0 unspecified atom stereocenters. The Labute approximate surface area is 116 Å². The van der Waals surface area contributed by atoms with Crippen molar-refractivity contribution >= 4 is 0 Å². The van der Waals surface area contributed by atoms with Gasteiger partial charge in [0, 0.05) is 12.0 Å². The first-order chi connectivity index (χ1) is 8.66. The van der Waals surface area contributed by atoms with E-state index in [4.69, 9.17) is 4.74 Å². The van der Waals surface area contributed by atoms with Crippen LogP contribution in [0.1, 0.15) is 65.0 Å². The fourth-order valence-corrected chi connectivity index (χ4v) is 2.93. The predicted octanol–water partition coefficient (Wildman–Crippen LogP) is 4.21. The van der Waals surface area contributed by atoms with Crippen molar-refractivity contribution in [1.82, 2.24) is 0 Å². The van der Waals surface area contributed by atoms with Gasteiger partial charge >= 0.3 is 0 Å². The molecule has 0 saturated carbocycles. The molecule has 0 saturated heterocycles. The quantitative estimate of drug-likeness (QED) is 0.865. The van der Waals surface area contributed by atoms with Gasteiger partial charge in [-0.2, -0.15) is 0 Å². The zero-order chi connectivity index (χ0) is 14.4. The molecule has 1 aliphatic rings. The molecule has 19 heavy (non-hydrogen) atoms. The van der Waals surface area contributed by atoms with Gasteiger partial charge in [-0.15, -0.1) is 0 Å². The number of hydrogen-bond donors (Lipinski definition) is 1. The normalized spacial score (nSPS) is 25.3. The summed E-state index contributed by atoms with van der Waals surface area (Å²) in [5.41, 5.74) is 1.06. The summed E-state index contributed by atoms with van der Waals surface area (Å²) in [4.78, 5) is 0. The van der Waals surface area contributed by atoms with Crippen LogP contribution in [0.4, 0.5) is 0 Å². The van der Waals surface area contributed by atoms with Gasteiger partial charge in [-0.05, 0) is 37.3 Å². The predicted molar refractivity (Wildman–Crippen MR) is 78.6 cm³/mol. The molecular formula is C17H26O2. The van der Waals surface area contributed by atoms with E-state index in [0.29, 0.717) is 12.3 Å². The average Bonchev–Trinajstić information content (AvgIpc) is 2.26. The van der Waals surface area contributed by atoms with Gasteiger partial charge in [-0.1, -0.05) is 39.8 Å². The van der Waals surface area contributed by atoms with Crippen molar-refractivity contribution in [2.45, 2.75) is 65.1 Å². The van der Waals surface area contributed by atoms with E-state index in [1.807, 2.05) is 19.9 Å². The molecule has 0 aromatic heterocycles. The van der Waals surface area contributed by atoms with Crippen LogP contribution in [0.3, 0.4) is 0 Å². The summed E-state index contributed by atoms with van der Waals surface area (Å²) < 4.78 is 6.10. The fraction of sp³-hybridized carbons (Fsp3) is 0.647. The highest BCUT2D eigenvalue weighted by Crippen LogP contribution is 2.47. The standard InChI is InChI=1S/C17H26O2/c1-11(2)13-7-8-14-15(9-13)19-16(5,6)10-17(14,18)12(3)4/h7-9,11-12,18H,10H2,1-6H3/t17-/m1/s1. The highest BCUT2D eigenvalue weighted by Gasteiger charge is 2.45. The zero-order valence-electron chi connectivity index (χ0n) is 12.9. The molecule has 0 bridgehead atoms. The molecule has 1 heterocycles. The van der Waals surface area contributed by atoms with Crippen molar-refractivity contribution in [2.75, 3.05) is 0 Å². The maximum absolute atomic E-state index is 11.1. The molecule has 0 amide bonds. The third-order valence-electron chi connectivity index (χ3n) is 4.18. The molecule has 0 fully saturated rings. The first kappa shape index (κ1) is 14.4. The van der Waals surface area contributed by atoms with Gasteiger partial charge in [0.2, 0.25) is 0 Å². The topological polar surface area (TPSA) is 29.5 Å². The minimum Gasteiger partial charge on any atom is -0.487 e. The van der Waals surface area contributed by atoms with E-state index in [1.165, 1.54) is 5.56 Å². The van der Waals surface area contributed by atoms with E-state index in [2.05, 4.69) is 39.8 Å². The second-order valence-electron chi connectivity index (χ2n) is 7.03. The largest absolute Gasteiger partial charge is 0.487 e. The Morgan fingerprint density at radius 1 is 1.16 bits per heavy atom. The summed E-state index contributed by atoms with van der Waals surface area (Å²) in [5.74, 6) is 1.48. The molecule has 0 radical (unpaired) electrons. The maximum Gasteiger partial charge on any atom is 0.126 e. The lowest BCUT2D eigenvalue weighted by Gasteiger charge is -2.45. The first-order valence-corrected chi connectivity index (χ1v) is 7.21. The smallest absolute Gasteiger partial charge is 0.126 e. The Hall–Kier alpha value is -1.02. The summed E-state index contributed by atoms with van der Waals surface area (Å²) in [6, 6.07) is 6.24. The van der Waals surface area contributed by atoms with Gasteiger partial charge in [0.05, 0.1) is 5.60 Å². The first-order valence-electron chi connectivity index (χ1n) is 7.21. The summed E-state index contributed by atoms with van der Waals surface area (Å²) in [6.07, 6.45) is 0.631. The molecule has 1 atom stereocenters. The molecular weight excluding hydrogens is 236 g/mol. The van der Waals surface area contributed by atoms with E-state index in [0.717, 1.165) is 11.3 Å². The number of ether oxygens (including phenoxy) is 1. The Kier molecular flexibility index (Phi) is 3.42. The lowest BCUT2D eigenvalue weighted by atomic mass is 9.73. The molecule has 2 heteroatoms. The van der Waals surface area contributed by atoms with Crippen LogP contribution in [0, 0.1) is 5.92 Å². The van der Waals surface area contributed by atoms with Crippen LogP contribution in [0.5, 0.6) is 5.75 Å². The molecule has 0 spiro atoms. The van der Waals surface area contributed by atoms with Crippen LogP contribution in [0.15, 0.2) is 18.2 Å². The van der Waals surface area contributed by atoms with Crippen molar-refractivity contribution in [1.29, 1.82) is 0 Å². The van der Waals surface area contributed by atoms with Gasteiger partial charge in [0.15, 0.2) is 0 Å². The van der Waals surface area contributed by atoms with E-state index in [1.54, 1.807) is 0 Å². The Morgan fingerprint density at radius 2 is 1.79 bits per heavy atom. The van der Waals surface area contributed by atoms with Gasteiger partial charge in [0.1, 0.15) is 11.4 Å². The summed E-state index contributed by atoms with van der Waals surface area (Å²) >= 11 is 0. The third kappa shape index (κ3) is 2.51. The monoisotopic (exact) mass is 262 g/mol. The Morgan fingerprint density at radius 3 is 2.32 bits per heavy atom. The van der Waals surface area contributed by atoms with Crippen molar-refractivity contribution < 1.29 is 9.84 Å². The van der Waals surface area contributed by atoms with Gasteiger partial charge in [-0.3, -0.25) is 0 Å². The van der Waals surface area contributed by atoms with E-state index >= 15 is 0 Å². The number of aliphatic hydroxyl groups is 1. The van der Waals surface area contributed by atoms with E-state index in [-0.39, 0.29) is 11.5 Å². The van der Waals surface area contributed by atoms with Crippen LogP contribution < -0.4 is 4.74 Å². The lowest BCUT2D eigenvalue weighted by molar-refractivity contribution is -0.0923. The average molecular weight is 262 g/mol. The fourth-order valence-electron chi connectivity index (χ4n) is 2.93. The summed E-state index contributed by atoms with van der Waals surface area (Å²) in [6.45, 7) is 12.6. The minimum atomic E-state index is -0.799. The number of fused-ring (bicyclic) bond motifs is 1. The molecule has 2 nitrogen and oxygen atoms in total. The van der Waals surface area contributed by atoms with Crippen LogP contribution in [0.25, 0.3) is 0 Å². The maximum atomic E-state index is 11.1. The lowest BCUT2D eigenvalue weighted by Crippen LogP contribution is -2.47. The molecule has 0 aliphatic carbocycles. The zero-order valence-corrected chi connectivity index (χ0v) is 12.9. The van der Waals surface area contributed by atoms with Crippen molar-refractivity contribution in [3.63, 3.8) is 0 Å².